The van der Waals surface area contributed by atoms with E-state index in [1.54, 1.807) is 19.0 Å². The van der Waals surface area contributed by atoms with Crippen molar-refractivity contribution in [3.63, 3.8) is 0 Å². The summed E-state index contributed by atoms with van der Waals surface area (Å²) in [6.45, 7) is 1.17. The number of nitrogens with zero attached hydrogens (tertiary/aromatic N) is 4. The lowest BCUT2D eigenvalue weighted by Gasteiger charge is -2.19. The van der Waals surface area contributed by atoms with Crippen LogP contribution in [0.5, 0.6) is 0 Å². The Hall–Kier alpha value is -2.48. The van der Waals surface area contributed by atoms with Crippen LogP contribution in [0.15, 0.2) is 23.3 Å². The fourth-order valence-electron chi connectivity index (χ4n) is 2.27. The first-order valence-electron chi connectivity index (χ1n) is 8.11. The van der Waals surface area contributed by atoms with Crippen LogP contribution in [0.1, 0.15) is 28.9 Å². The van der Waals surface area contributed by atoms with Gasteiger partial charge in [-0.05, 0) is 18.6 Å². The summed E-state index contributed by atoms with van der Waals surface area (Å²) in [5.41, 5.74) is 0.773. The summed E-state index contributed by atoms with van der Waals surface area (Å²) in [6.07, 6.45) is 3.11. The van der Waals surface area contributed by atoms with Crippen LogP contribution in [0.3, 0.4) is 0 Å². The highest BCUT2D eigenvalue weighted by Gasteiger charge is 2.10. The Labute approximate surface area is 148 Å². The molecule has 1 heterocycles. The van der Waals surface area contributed by atoms with E-state index in [2.05, 4.69) is 15.3 Å². The molecule has 1 rings (SSSR count). The number of likely N-dealkylation sites (N-methyl/N-ethyl adjacent to an activating group) is 1. The highest BCUT2D eigenvalue weighted by Crippen LogP contribution is 2.02. The van der Waals surface area contributed by atoms with E-state index in [0.717, 1.165) is 18.7 Å². The molecule has 0 aromatic carbocycles. The van der Waals surface area contributed by atoms with Gasteiger partial charge in [0.2, 0.25) is 5.91 Å². The SMILES string of the molecule is C/N=C(/CCCN(C)C(=O)CNCc1cc(C(=O)O)ccn1)N(C)C. The number of carboxylic acids is 1. The molecule has 0 aliphatic carbocycles. The van der Waals surface area contributed by atoms with Gasteiger partial charge in [-0.15, -0.1) is 0 Å². The quantitative estimate of drug-likeness (QED) is 0.503. The zero-order valence-corrected chi connectivity index (χ0v) is 15.3. The van der Waals surface area contributed by atoms with Crippen molar-refractivity contribution in [3.05, 3.63) is 29.6 Å². The number of carbonyl (C=O) groups excluding carboxylic acids is 1. The maximum absolute atomic E-state index is 12.1. The van der Waals surface area contributed by atoms with E-state index < -0.39 is 5.97 Å². The van der Waals surface area contributed by atoms with Crippen LogP contribution in [0.2, 0.25) is 0 Å². The zero-order chi connectivity index (χ0) is 18.8. The molecule has 8 nitrogen and oxygen atoms in total. The molecule has 0 bridgehead atoms. The standard InChI is InChI=1S/C17H27N5O3/c1-18-15(21(2)3)6-5-9-22(4)16(23)12-19-11-14-10-13(17(24)25)7-8-20-14/h7-8,10,19H,5-6,9,11-12H2,1-4H3,(H,24,25)/b18-15-. The molecule has 0 aliphatic rings. The monoisotopic (exact) mass is 349 g/mol. The van der Waals surface area contributed by atoms with E-state index in [9.17, 15) is 9.59 Å². The lowest BCUT2D eigenvalue weighted by Crippen LogP contribution is -2.36. The molecule has 8 heteroatoms. The first kappa shape index (κ1) is 20.6. The van der Waals surface area contributed by atoms with E-state index in [4.69, 9.17) is 5.11 Å². The highest BCUT2D eigenvalue weighted by atomic mass is 16.4. The molecule has 0 atom stereocenters. The van der Waals surface area contributed by atoms with Crippen molar-refractivity contribution < 1.29 is 14.7 Å². The number of aromatic carboxylic acids is 1. The number of rotatable bonds is 9. The highest BCUT2D eigenvalue weighted by molar-refractivity contribution is 5.87. The third kappa shape index (κ3) is 7.30. The number of amidine groups is 1. The van der Waals surface area contributed by atoms with E-state index >= 15 is 0 Å². The molecule has 0 unspecified atom stereocenters. The van der Waals surface area contributed by atoms with Crippen LogP contribution in [0.25, 0.3) is 0 Å². The van der Waals surface area contributed by atoms with Crippen LogP contribution < -0.4 is 5.32 Å². The summed E-state index contributed by atoms with van der Waals surface area (Å²) < 4.78 is 0. The number of carbonyl (C=O) groups is 2. The number of aliphatic imine (C=N–C) groups is 1. The number of amides is 1. The fourth-order valence-corrected chi connectivity index (χ4v) is 2.27. The third-order valence-corrected chi connectivity index (χ3v) is 3.74. The van der Waals surface area contributed by atoms with Gasteiger partial charge >= 0.3 is 5.97 Å². The second kappa shape index (κ2) is 10.4. The fraction of sp³-hybridized carbons (Fsp3) is 0.529. The zero-order valence-electron chi connectivity index (χ0n) is 15.3. The first-order chi connectivity index (χ1) is 11.8. The van der Waals surface area contributed by atoms with Gasteiger partial charge in [0.25, 0.3) is 0 Å². The number of carboxylic acid groups (broad SMARTS) is 1. The summed E-state index contributed by atoms with van der Waals surface area (Å²) in [4.78, 5) is 35.0. The Morgan fingerprint density at radius 1 is 1.32 bits per heavy atom. The summed E-state index contributed by atoms with van der Waals surface area (Å²) >= 11 is 0. The molecule has 2 N–H and O–H groups in total. The molecule has 25 heavy (non-hydrogen) atoms. The molecule has 0 spiro atoms. The normalized spacial score (nSPS) is 11.3. The number of aromatic nitrogens is 1. The van der Waals surface area contributed by atoms with Crippen molar-refractivity contribution in [2.24, 2.45) is 4.99 Å². The Bertz CT molecular complexity index is 616. The number of hydrogen-bond acceptors (Lipinski definition) is 5. The summed E-state index contributed by atoms with van der Waals surface area (Å²) in [5, 5.41) is 11.9. The Kier molecular flexibility index (Phi) is 8.55. The Morgan fingerprint density at radius 2 is 2.04 bits per heavy atom. The summed E-state index contributed by atoms with van der Waals surface area (Å²) in [6, 6.07) is 2.93. The van der Waals surface area contributed by atoms with Crippen LogP contribution in [0.4, 0.5) is 0 Å². The van der Waals surface area contributed by atoms with Gasteiger partial charge in [-0.3, -0.25) is 14.8 Å². The van der Waals surface area contributed by atoms with Gasteiger partial charge in [-0.25, -0.2) is 4.79 Å². The average Bonchev–Trinajstić information content (AvgIpc) is 2.58. The predicted molar refractivity (Wildman–Crippen MR) is 96.8 cm³/mol. The molecular formula is C17H27N5O3. The Morgan fingerprint density at radius 3 is 2.64 bits per heavy atom. The molecule has 0 aliphatic heterocycles. The Balaban J connectivity index is 2.34. The average molecular weight is 349 g/mol. The molecule has 1 amide bonds. The molecule has 0 radical (unpaired) electrons. The van der Waals surface area contributed by atoms with Crippen molar-refractivity contribution >= 4 is 17.7 Å². The summed E-state index contributed by atoms with van der Waals surface area (Å²) in [7, 11) is 7.44. The largest absolute Gasteiger partial charge is 0.478 e. The predicted octanol–water partition coefficient (Wildman–Crippen LogP) is 0.698. The smallest absolute Gasteiger partial charge is 0.335 e. The van der Waals surface area contributed by atoms with Gasteiger partial charge in [-0.1, -0.05) is 0 Å². The second-order valence-corrected chi connectivity index (χ2v) is 5.90. The van der Waals surface area contributed by atoms with Gasteiger partial charge in [0.15, 0.2) is 0 Å². The lowest BCUT2D eigenvalue weighted by molar-refractivity contribution is -0.129. The molecule has 0 saturated heterocycles. The minimum Gasteiger partial charge on any atom is -0.478 e. The number of nitrogens with one attached hydrogen (secondary N) is 1. The van der Waals surface area contributed by atoms with Crippen LogP contribution in [0, 0.1) is 0 Å². The van der Waals surface area contributed by atoms with Gasteiger partial charge in [-0.2, -0.15) is 0 Å². The van der Waals surface area contributed by atoms with E-state index in [1.165, 1.54) is 18.3 Å². The molecule has 0 saturated carbocycles. The molecule has 1 aromatic heterocycles. The second-order valence-electron chi connectivity index (χ2n) is 5.90. The topological polar surface area (TPSA) is 98.1 Å². The van der Waals surface area contributed by atoms with Gasteiger partial charge in [0.1, 0.15) is 0 Å². The van der Waals surface area contributed by atoms with Gasteiger partial charge in [0, 0.05) is 53.9 Å². The minimum absolute atomic E-state index is 0.0192. The lowest BCUT2D eigenvalue weighted by atomic mass is 10.2. The molecule has 1 aromatic rings. The third-order valence-electron chi connectivity index (χ3n) is 3.74. The number of hydrogen-bond donors (Lipinski definition) is 2. The van der Waals surface area contributed by atoms with Gasteiger partial charge < -0.3 is 20.2 Å². The van der Waals surface area contributed by atoms with E-state index in [0.29, 0.717) is 18.8 Å². The summed E-state index contributed by atoms with van der Waals surface area (Å²) in [5.74, 6) is -0.00948. The van der Waals surface area contributed by atoms with Crippen LogP contribution in [-0.2, 0) is 11.3 Å². The number of pyridine rings is 1. The molecular weight excluding hydrogens is 322 g/mol. The van der Waals surface area contributed by atoms with Gasteiger partial charge in [0.05, 0.1) is 23.6 Å². The first-order valence-corrected chi connectivity index (χ1v) is 8.11. The van der Waals surface area contributed by atoms with Crippen molar-refractivity contribution in [2.45, 2.75) is 19.4 Å². The molecule has 0 fully saturated rings. The van der Waals surface area contributed by atoms with Crippen LogP contribution >= 0.6 is 0 Å². The van der Waals surface area contributed by atoms with E-state index in [1.807, 2.05) is 19.0 Å². The van der Waals surface area contributed by atoms with Crippen molar-refractivity contribution in [1.29, 1.82) is 0 Å². The minimum atomic E-state index is -0.993. The van der Waals surface area contributed by atoms with Crippen molar-refractivity contribution in [1.82, 2.24) is 20.1 Å². The maximum Gasteiger partial charge on any atom is 0.335 e. The van der Waals surface area contributed by atoms with E-state index in [-0.39, 0.29) is 18.0 Å². The molecule has 138 valence electrons. The maximum atomic E-state index is 12.1. The van der Waals surface area contributed by atoms with Crippen LogP contribution in [-0.4, -0.2) is 78.9 Å². The van der Waals surface area contributed by atoms with Crippen molar-refractivity contribution in [2.75, 3.05) is 41.3 Å². The van der Waals surface area contributed by atoms with Crippen molar-refractivity contribution in [3.8, 4) is 0 Å².